The second-order valence-corrected chi connectivity index (χ2v) is 4.71. The van der Waals surface area contributed by atoms with Crippen LogP contribution < -0.4 is 10.1 Å². The van der Waals surface area contributed by atoms with Gasteiger partial charge in [-0.2, -0.15) is 0 Å². The summed E-state index contributed by atoms with van der Waals surface area (Å²) in [5.74, 6) is 1.55. The first-order valence-electron chi connectivity index (χ1n) is 6.17. The van der Waals surface area contributed by atoms with Crippen molar-refractivity contribution in [1.82, 2.24) is 4.98 Å². The van der Waals surface area contributed by atoms with E-state index in [0.29, 0.717) is 0 Å². The van der Waals surface area contributed by atoms with Gasteiger partial charge in [0.2, 0.25) is 0 Å². The van der Waals surface area contributed by atoms with E-state index in [9.17, 15) is 5.11 Å². The van der Waals surface area contributed by atoms with Gasteiger partial charge in [-0.15, -0.1) is 0 Å². The molecule has 0 amide bonds. The number of aliphatic hydroxyl groups is 1. The van der Waals surface area contributed by atoms with Crippen molar-refractivity contribution >= 4 is 5.82 Å². The molecule has 0 aliphatic heterocycles. The van der Waals surface area contributed by atoms with Gasteiger partial charge in [0.15, 0.2) is 0 Å². The van der Waals surface area contributed by atoms with E-state index in [4.69, 9.17) is 4.74 Å². The zero-order valence-electron chi connectivity index (χ0n) is 10.3. The second-order valence-electron chi connectivity index (χ2n) is 4.71. The Bertz CT molecular complexity index is 345. The normalized spacial score (nSPS) is 18.7. The fraction of sp³-hybridized carbons (Fsp3) is 0.615. The van der Waals surface area contributed by atoms with Crippen LogP contribution in [0.25, 0.3) is 0 Å². The Kier molecular flexibility index (Phi) is 3.84. The third-order valence-corrected chi connectivity index (χ3v) is 3.48. The van der Waals surface area contributed by atoms with Crippen LogP contribution in [0.1, 0.15) is 32.1 Å². The third kappa shape index (κ3) is 2.88. The van der Waals surface area contributed by atoms with E-state index in [1.165, 1.54) is 19.3 Å². The van der Waals surface area contributed by atoms with Crippen molar-refractivity contribution in [1.29, 1.82) is 0 Å². The van der Waals surface area contributed by atoms with Gasteiger partial charge < -0.3 is 15.2 Å². The Balaban J connectivity index is 2.06. The molecule has 1 aromatic heterocycles. The molecule has 17 heavy (non-hydrogen) atoms. The highest BCUT2D eigenvalue weighted by molar-refractivity contribution is 5.40. The zero-order valence-corrected chi connectivity index (χ0v) is 10.3. The summed E-state index contributed by atoms with van der Waals surface area (Å²) in [4.78, 5) is 4.29. The molecule has 1 aliphatic rings. The Morgan fingerprint density at radius 1 is 1.35 bits per heavy atom. The first kappa shape index (κ1) is 12.2. The minimum Gasteiger partial charge on any atom is -0.495 e. The van der Waals surface area contributed by atoms with Gasteiger partial charge in [0.1, 0.15) is 11.6 Å². The zero-order chi connectivity index (χ0) is 12.1. The number of hydrogen-bond donors (Lipinski definition) is 2. The molecule has 0 unspecified atom stereocenters. The molecule has 1 saturated carbocycles. The first-order valence-corrected chi connectivity index (χ1v) is 6.17. The highest BCUT2D eigenvalue weighted by atomic mass is 16.5. The van der Waals surface area contributed by atoms with Crippen LogP contribution in [0, 0.1) is 0 Å². The number of pyridine rings is 1. The number of hydrogen-bond acceptors (Lipinski definition) is 4. The second kappa shape index (κ2) is 5.36. The quantitative estimate of drug-likeness (QED) is 0.841. The molecule has 4 heteroatoms. The Hall–Kier alpha value is -1.29. The van der Waals surface area contributed by atoms with Crippen molar-refractivity contribution in [3.63, 3.8) is 0 Å². The summed E-state index contributed by atoms with van der Waals surface area (Å²) in [6, 6.07) is 3.77. The summed E-state index contributed by atoms with van der Waals surface area (Å²) in [7, 11) is 1.63. The Labute approximate surface area is 102 Å². The molecule has 0 saturated heterocycles. The van der Waals surface area contributed by atoms with Gasteiger partial charge in [0.05, 0.1) is 25.5 Å². The van der Waals surface area contributed by atoms with E-state index in [1.54, 1.807) is 13.3 Å². The highest BCUT2D eigenvalue weighted by Crippen LogP contribution is 2.31. The standard InChI is InChI=1S/C13H20N2O2/c1-17-11-5-6-12(14-9-11)15-13(10-16)7-3-2-4-8-13/h5-6,9,16H,2-4,7-8,10H2,1H3,(H,14,15). The van der Waals surface area contributed by atoms with Gasteiger partial charge in [-0.1, -0.05) is 19.3 Å². The monoisotopic (exact) mass is 236 g/mol. The number of ether oxygens (including phenoxy) is 1. The molecular weight excluding hydrogens is 216 g/mol. The number of nitrogens with zero attached hydrogens (tertiary/aromatic N) is 1. The van der Waals surface area contributed by atoms with Crippen LogP contribution in [0.3, 0.4) is 0 Å². The van der Waals surface area contributed by atoms with Crippen LogP contribution in [0.5, 0.6) is 5.75 Å². The minimum absolute atomic E-state index is 0.167. The molecule has 94 valence electrons. The SMILES string of the molecule is COc1ccc(NC2(CO)CCCCC2)nc1. The molecule has 4 nitrogen and oxygen atoms in total. The van der Waals surface area contributed by atoms with Gasteiger partial charge in [-0.05, 0) is 25.0 Å². The maximum atomic E-state index is 9.59. The van der Waals surface area contributed by atoms with Crippen LogP contribution in [0.15, 0.2) is 18.3 Å². The summed E-state index contributed by atoms with van der Waals surface area (Å²) in [6.07, 6.45) is 7.32. The Morgan fingerprint density at radius 3 is 2.65 bits per heavy atom. The molecule has 1 aromatic rings. The molecule has 0 bridgehead atoms. The molecule has 2 rings (SSSR count). The maximum absolute atomic E-state index is 9.59. The van der Waals surface area contributed by atoms with Gasteiger partial charge in [0.25, 0.3) is 0 Å². The summed E-state index contributed by atoms with van der Waals surface area (Å²) in [6.45, 7) is 0.167. The van der Waals surface area contributed by atoms with E-state index in [0.717, 1.165) is 24.4 Å². The van der Waals surface area contributed by atoms with Gasteiger partial charge >= 0.3 is 0 Å². The van der Waals surface area contributed by atoms with Gasteiger partial charge in [-0.25, -0.2) is 4.98 Å². The molecule has 1 fully saturated rings. The molecule has 0 aromatic carbocycles. The van der Waals surface area contributed by atoms with Crippen LogP contribution in [0.2, 0.25) is 0 Å². The highest BCUT2D eigenvalue weighted by Gasteiger charge is 2.31. The number of aromatic nitrogens is 1. The molecular formula is C13H20N2O2. The number of methoxy groups -OCH3 is 1. The lowest BCUT2D eigenvalue weighted by Crippen LogP contribution is -2.44. The van der Waals surface area contributed by atoms with E-state index in [-0.39, 0.29) is 12.1 Å². The molecule has 2 N–H and O–H groups in total. The molecule has 0 spiro atoms. The summed E-state index contributed by atoms with van der Waals surface area (Å²) in [5, 5.41) is 13.0. The fourth-order valence-electron chi connectivity index (χ4n) is 2.40. The summed E-state index contributed by atoms with van der Waals surface area (Å²) in [5.41, 5.74) is -0.181. The smallest absolute Gasteiger partial charge is 0.137 e. The topological polar surface area (TPSA) is 54.4 Å². The van der Waals surface area contributed by atoms with E-state index >= 15 is 0 Å². The van der Waals surface area contributed by atoms with Crippen molar-refractivity contribution < 1.29 is 9.84 Å². The first-order chi connectivity index (χ1) is 8.28. The average Bonchev–Trinajstić information content (AvgIpc) is 2.41. The van der Waals surface area contributed by atoms with Crippen LogP contribution >= 0.6 is 0 Å². The predicted octanol–water partition coefficient (Wildman–Crippen LogP) is 2.20. The van der Waals surface area contributed by atoms with Gasteiger partial charge in [0, 0.05) is 0 Å². The summed E-state index contributed by atoms with van der Waals surface area (Å²) >= 11 is 0. The minimum atomic E-state index is -0.181. The lowest BCUT2D eigenvalue weighted by molar-refractivity contribution is 0.172. The lowest BCUT2D eigenvalue weighted by Gasteiger charge is -2.36. The van der Waals surface area contributed by atoms with Crippen LogP contribution in [-0.4, -0.2) is 29.3 Å². The molecule has 1 aliphatic carbocycles. The molecule has 0 atom stereocenters. The number of aliphatic hydroxyl groups excluding tert-OH is 1. The molecule has 1 heterocycles. The lowest BCUT2D eigenvalue weighted by atomic mass is 9.82. The fourth-order valence-corrected chi connectivity index (χ4v) is 2.40. The van der Waals surface area contributed by atoms with Crippen molar-refractivity contribution in [3.05, 3.63) is 18.3 Å². The van der Waals surface area contributed by atoms with E-state index in [1.807, 2.05) is 12.1 Å². The number of rotatable bonds is 4. The molecule has 0 radical (unpaired) electrons. The van der Waals surface area contributed by atoms with E-state index in [2.05, 4.69) is 10.3 Å². The third-order valence-electron chi connectivity index (χ3n) is 3.48. The van der Waals surface area contributed by atoms with Crippen LogP contribution in [0.4, 0.5) is 5.82 Å². The summed E-state index contributed by atoms with van der Waals surface area (Å²) < 4.78 is 5.07. The van der Waals surface area contributed by atoms with Crippen molar-refractivity contribution in [2.24, 2.45) is 0 Å². The van der Waals surface area contributed by atoms with Gasteiger partial charge in [-0.3, -0.25) is 0 Å². The predicted molar refractivity (Wildman–Crippen MR) is 67.3 cm³/mol. The van der Waals surface area contributed by atoms with Crippen molar-refractivity contribution in [2.45, 2.75) is 37.6 Å². The number of nitrogens with one attached hydrogen (secondary N) is 1. The van der Waals surface area contributed by atoms with E-state index < -0.39 is 0 Å². The average molecular weight is 236 g/mol. The van der Waals surface area contributed by atoms with Crippen molar-refractivity contribution in [2.75, 3.05) is 19.0 Å². The number of anilines is 1. The largest absolute Gasteiger partial charge is 0.495 e. The van der Waals surface area contributed by atoms with Crippen molar-refractivity contribution in [3.8, 4) is 5.75 Å². The maximum Gasteiger partial charge on any atom is 0.137 e. The van der Waals surface area contributed by atoms with Crippen LogP contribution in [-0.2, 0) is 0 Å². The Morgan fingerprint density at radius 2 is 2.12 bits per heavy atom.